The van der Waals surface area contributed by atoms with E-state index in [1.165, 1.54) is 12.5 Å². The Hall–Kier alpha value is -2.56. The fraction of sp³-hybridized carbons (Fsp3) is 0.500. The van der Waals surface area contributed by atoms with E-state index >= 15 is 4.39 Å². The first kappa shape index (κ1) is 35.5. The summed E-state index contributed by atoms with van der Waals surface area (Å²) in [5, 5.41) is 10.2. The number of hydrogen-bond donors (Lipinski definition) is 1. The third-order valence-electron chi connectivity index (χ3n) is 5.57. The number of benzene rings is 2. The maximum atomic E-state index is 15.1. The van der Waals surface area contributed by atoms with Crippen LogP contribution >= 0.6 is 10.9 Å². The summed E-state index contributed by atoms with van der Waals surface area (Å²) in [6.45, 7) is 18.0. The lowest BCUT2D eigenvalue weighted by Crippen LogP contribution is -2.43. The topological polar surface area (TPSA) is 43.2 Å². The largest absolute Gasteiger partial charge is 0.431 e. The third kappa shape index (κ3) is 10.4. The van der Waals surface area contributed by atoms with Crippen molar-refractivity contribution in [3.05, 3.63) is 65.0 Å². The minimum atomic E-state index is -4.54. The second kappa shape index (κ2) is 18.0. The summed E-state index contributed by atoms with van der Waals surface area (Å²) in [4.78, 5) is 0. The first-order valence-corrected chi connectivity index (χ1v) is 15.3. The van der Waals surface area contributed by atoms with Gasteiger partial charge in [0.05, 0.1) is 12.3 Å². The van der Waals surface area contributed by atoms with Crippen molar-refractivity contribution < 1.29 is 17.6 Å². The Morgan fingerprint density at radius 1 is 1.00 bits per heavy atom. The van der Waals surface area contributed by atoms with Gasteiger partial charge in [0, 0.05) is 49.4 Å². The molecule has 0 aliphatic carbocycles. The summed E-state index contributed by atoms with van der Waals surface area (Å²) in [5.41, 5.74) is 1.92. The molecule has 2 aliphatic heterocycles. The molecule has 5 nitrogen and oxygen atoms in total. The molecule has 1 fully saturated rings. The van der Waals surface area contributed by atoms with Gasteiger partial charge in [-0.2, -0.15) is 18.3 Å². The summed E-state index contributed by atoms with van der Waals surface area (Å²) in [6, 6.07) is 12.4. The van der Waals surface area contributed by atoms with Crippen LogP contribution in [0.15, 0.2) is 52.7 Å². The molecule has 0 radical (unpaired) electrons. The van der Waals surface area contributed by atoms with E-state index in [2.05, 4.69) is 43.8 Å². The summed E-state index contributed by atoms with van der Waals surface area (Å²) < 4.78 is 58.0. The van der Waals surface area contributed by atoms with Crippen molar-refractivity contribution in [3.63, 3.8) is 0 Å². The molecule has 0 saturated carbocycles. The van der Waals surface area contributed by atoms with Crippen molar-refractivity contribution in [2.45, 2.75) is 74.0 Å². The van der Waals surface area contributed by atoms with Crippen LogP contribution in [0.2, 0.25) is 0 Å². The molecule has 2 aromatic carbocycles. The molecule has 1 atom stereocenters. The second-order valence-corrected chi connectivity index (χ2v) is 10.3. The van der Waals surface area contributed by atoms with Crippen molar-refractivity contribution in [1.29, 1.82) is 0 Å². The van der Waals surface area contributed by atoms with Gasteiger partial charge in [-0.05, 0) is 47.4 Å². The monoisotopic (exact) mass is 583 g/mol. The Labute approximate surface area is 240 Å². The highest BCUT2D eigenvalue weighted by molar-refractivity contribution is 8.13. The standard InChI is InChI=1S/C23H25F4N5S.C3H8.2C2H6/c1-16-4-3-5-19(12-16)32(33(2)31-10-8-28-9-11-31)15-18-7-6-17(13-20(18)24)21-14-22(30-29-21)23(25,26)27;1-3-2;2*1-2/h3-7,12-13,28H,2,8-11,14-15H2,1H3;3H2,1-2H3;2*1-2H3. The minimum Gasteiger partial charge on any atom is -0.314 e. The zero-order valence-corrected chi connectivity index (χ0v) is 25.7. The van der Waals surface area contributed by atoms with Crippen molar-refractivity contribution in [2.24, 2.45) is 10.2 Å². The smallest absolute Gasteiger partial charge is 0.314 e. The second-order valence-electron chi connectivity index (χ2n) is 8.68. The van der Waals surface area contributed by atoms with Gasteiger partial charge in [0.15, 0.2) is 0 Å². The van der Waals surface area contributed by atoms with Crippen molar-refractivity contribution >= 4 is 33.8 Å². The molecule has 1 unspecified atom stereocenters. The van der Waals surface area contributed by atoms with Crippen LogP contribution in [0.4, 0.5) is 23.2 Å². The Bertz CT molecular complexity index is 1130. The number of aryl methyl sites for hydroxylation is 1. The summed E-state index contributed by atoms with van der Waals surface area (Å²) >= 11 is 0. The molecule has 0 bridgehead atoms. The van der Waals surface area contributed by atoms with E-state index in [0.717, 1.165) is 37.4 Å². The minimum absolute atomic E-state index is 0.112. The van der Waals surface area contributed by atoms with Gasteiger partial charge in [0.2, 0.25) is 0 Å². The quantitative estimate of drug-likeness (QED) is 0.276. The lowest BCUT2D eigenvalue weighted by Gasteiger charge is -2.37. The molecule has 2 aromatic rings. The van der Waals surface area contributed by atoms with E-state index in [0.29, 0.717) is 11.1 Å². The number of alkyl halides is 3. The number of anilines is 1. The first-order chi connectivity index (χ1) is 19.1. The van der Waals surface area contributed by atoms with Gasteiger partial charge < -0.3 is 9.62 Å². The van der Waals surface area contributed by atoms with E-state index in [4.69, 9.17) is 0 Å². The zero-order valence-electron chi connectivity index (χ0n) is 24.9. The highest BCUT2D eigenvalue weighted by Crippen LogP contribution is 2.33. The Morgan fingerprint density at radius 2 is 1.62 bits per heavy atom. The van der Waals surface area contributed by atoms with Gasteiger partial charge in [-0.3, -0.25) is 0 Å². The molecule has 10 heteroatoms. The Balaban J connectivity index is 0.00000105. The van der Waals surface area contributed by atoms with E-state index < -0.39 is 35.0 Å². The maximum Gasteiger partial charge on any atom is 0.431 e. The van der Waals surface area contributed by atoms with Gasteiger partial charge >= 0.3 is 6.18 Å². The van der Waals surface area contributed by atoms with Crippen molar-refractivity contribution in [2.75, 3.05) is 30.5 Å². The van der Waals surface area contributed by atoms with E-state index in [1.54, 1.807) is 12.1 Å². The Kier molecular flexibility index (Phi) is 16.0. The van der Waals surface area contributed by atoms with Crippen LogP contribution in [-0.2, 0) is 6.54 Å². The van der Waals surface area contributed by atoms with Crippen molar-refractivity contribution in [1.82, 2.24) is 9.62 Å². The molecule has 1 N–H and O–H groups in total. The molecule has 0 aromatic heterocycles. The summed E-state index contributed by atoms with van der Waals surface area (Å²) in [6.07, 6.45) is -3.74. The lowest BCUT2D eigenvalue weighted by atomic mass is 10.0. The lowest BCUT2D eigenvalue weighted by molar-refractivity contribution is -0.0596. The highest BCUT2D eigenvalue weighted by atomic mass is 32.2. The highest BCUT2D eigenvalue weighted by Gasteiger charge is 2.38. The van der Waals surface area contributed by atoms with Gasteiger partial charge in [-0.25, -0.2) is 8.70 Å². The zero-order chi connectivity index (χ0) is 30.3. The molecular weight excluding hydrogens is 538 g/mol. The fourth-order valence-electron chi connectivity index (χ4n) is 3.74. The van der Waals surface area contributed by atoms with Crippen LogP contribution < -0.4 is 9.62 Å². The number of rotatable bonds is 6. The number of nitrogens with one attached hydrogen (secondary N) is 1. The Morgan fingerprint density at radius 3 is 2.15 bits per heavy atom. The molecule has 2 aliphatic rings. The van der Waals surface area contributed by atoms with E-state index in [9.17, 15) is 13.2 Å². The van der Waals surface area contributed by atoms with Crippen LogP contribution in [-0.4, -0.2) is 54.0 Å². The third-order valence-corrected chi connectivity index (χ3v) is 7.38. The number of halogens is 4. The molecule has 224 valence electrons. The predicted molar refractivity (Wildman–Crippen MR) is 166 cm³/mol. The number of nitrogens with zero attached hydrogens (tertiary/aromatic N) is 4. The normalized spacial score (nSPS) is 15.7. The number of hydrogen-bond acceptors (Lipinski definition) is 5. The fourth-order valence-corrected chi connectivity index (χ4v) is 5.27. The van der Waals surface area contributed by atoms with Crippen LogP contribution in [0, 0.1) is 12.7 Å². The molecule has 1 saturated heterocycles. The summed E-state index contributed by atoms with van der Waals surface area (Å²) in [5.74, 6) is 3.90. The van der Waals surface area contributed by atoms with Gasteiger partial charge in [-0.1, -0.05) is 72.2 Å². The number of piperazine rings is 1. The molecule has 0 spiro atoms. The predicted octanol–water partition coefficient (Wildman–Crippen LogP) is 8.16. The van der Waals surface area contributed by atoms with Crippen LogP contribution in [0.1, 0.15) is 71.1 Å². The van der Waals surface area contributed by atoms with Crippen molar-refractivity contribution in [3.8, 4) is 0 Å². The van der Waals surface area contributed by atoms with Crippen LogP contribution in [0.25, 0.3) is 0 Å². The molecular formula is C30H45F4N5S. The average Bonchev–Trinajstić information content (AvgIpc) is 3.47. The van der Waals surface area contributed by atoms with Crippen LogP contribution in [0.5, 0.6) is 0 Å². The average molecular weight is 584 g/mol. The maximum absolute atomic E-state index is 15.1. The van der Waals surface area contributed by atoms with Crippen LogP contribution in [0.3, 0.4) is 0 Å². The molecule has 4 rings (SSSR count). The molecule has 40 heavy (non-hydrogen) atoms. The van der Waals surface area contributed by atoms with Gasteiger partial charge in [0.1, 0.15) is 11.5 Å². The summed E-state index contributed by atoms with van der Waals surface area (Å²) in [7, 11) is -0.541. The molecule has 0 amide bonds. The first-order valence-electron chi connectivity index (χ1n) is 14.0. The SMILES string of the molecule is C=S(N1CCNCC1)N(Cc1ccc(C2=NN=C(C(F)(F)F)C2)cc1F)c1cccc(C)c1.CC.CC.CCC. The van der Waals surface area contributed by atoms with E-state index in [1.807, 2.05) is 58.9 Å². The van der Waals surface area contributed by atoms with Gasteiger partial charge in [0.25, 0.3) is 0 Å². The molecule has 2 heterocycles. The van der Waals surface area contributed by atoms with Gasteiger partial charge in [-0.15, -0.1) is 5.10 Å². The van der Waals surface area contributed by atoms with E-state index in [-0.39, 0.29) is 12.3 Å².